The first-order chi connectivity index (χ1) is 17.1. The molecule has 2 amide bonds. The number of piperidine rings is 1. The lowest BCUT2D eigenvalue weighted by Crippen LogP contribution is -2.43. The maximum atomic E-state index is 13.7. The molecule has 1 aromatic heterocycles. The first kappa shape index (κ1) is 23.4. The van der Waals surface area contributed by atoms with Crippen LogP contribution in [-0.2, 0) is 9.59 Å². The van der Waals surface area contributed by atoms with Crippen molar-refractivity contribution in [3.05, 3.63) is 60.0 Å². The fraction of sp³-hybridized carbons (Fsp3) is 0.464. The predicted molar refractivity (Wildman–Crippen MR) is 133 cm³/mol. The molecule has 0 unspecified atom stereocenters. The summed E-state index contributed by atoms with van der Waals surface area (Å²) in [6.07, 6.45) is 3.82. The van der Waals surface area contributed by atoms with Crippen molar-refractivity contribution in [1.82, 2.24) is 14.8 Å². The molecule has 0 bridgehead atoms. The third-order valence-electron chi connectivity index (χ3n) is 7.43. The van der Waals surface area contributed by atoms with Crippen molar-refractivity contribution in [3.63, 3.8) is 0 Å². The Morgan fingerprint density at radius 1 is 1.11 bits per heavy atom. The summed E-state index contributed by atoms with van der Waals surface area (Å²) in [6.45, 7) is 4.09. The van der Waals surface area contributed by atoms with Gasteiger partial charge in [-0.3, -0.25) is 9.59 Å². The predicted octanol–water partition coefficient (Wildman–Crippen LogP) is 4.93. The average molecular weight is 476 g/mol. The second kappa shape index (κ2) is 10.1. The Morgan fingerprint density at radius 2 is 1.86 bits per heavy atom. The number of carbonyl (C=O) groups excluding carboxylic acids is 2. The van der Waals surface area contributed by atoms with Crippen LogP contribution in [0.2, 0.25) is 0 Å². The fourth-order valence-electron chi connectivity index (χ4n) is 5.46. The number of amides is 2. The van der Waals surface area contributed by atoms with Gasteiger partial charge in [0.15, 0.2) is 11.5 Å². The highest BCUT2D eigenvalue weighted by molar-refractivity contribution is 5.90. The summed E-state index contributed by atoms with van der Waals surface area (Å²) in [7, 11) is 1.64. The summed E-state index contributed by atoms with van der Waals surface area (Å²) in [5.74, 6) is 1.51. The van der Waals surface area contributed by atoms with Crippen molar-refractivity contribution in [2.75, 3.05) is 26.7 Å². The molecule has 2 aliphatic rings. The smallest absolute Gasteiger partial charge is 0.228 e. The molecular formula is C28H33N3O4. The van der Waals surface area contributed by atoms with E-state index in [1.807, 2.05) is 58.3 Å². The van der Waals surface area contributed by atoms with E-state index in [-0.39, 0.29) is 36.1 Å². The Hall–Kier alpha value is -3.35. The van der Waals surface area contributed by atoms with E-state index >= 15 is 0 Å². The third kappa shape index (κ3) is 4.64. The molecule has 184 valence electrons. The number of carbonyl (C=O) groups is 2. The van der Waals surface area contributed by atoms with Gasteiger partial charge in [0.2, 0.25) is 11.8 Å². The molecule has 0 N–H and O–H groups in total. The highest BCUT2D eigenvalue weighted by Gasteiger charge is 2.46. The summed E-state index contributed by atoms with van der Waals surface area (Å²) in [6, 6.07) is 15.4. The Bertz CT molecular complexity index is 1150. The van der Waals surface area contributed by atoms with Crippen LogP contribution in [-0.4, -0.2) is 53.3 Å². The van der Waals surface area contributed by atoms with Gasteiger partial charge in [-0.25, -0.2) is 4.98 Å². The molecule has 2 fully saturated rings. The average Bonchev–Trinajstić information content (AvgIpc) is 3.48. The number of rotatable bonds is 7. The number of hydrogen-bond acceptors (Lipinski definition) is 5. The van der Waals surface area contributed by atoms with Crippen molar-refractivity contribution in [2.24, 2.45) is 5.92 Å². The second-order valence-electron chi connectivity index (χ2n) is 9.59. The number of methoxy groups -OCH3 is 1. The van der Waals surface area contributed by atoms with Gasteiger partial charge in [0.05, 0.1) is 19.1 Å². The first-order valence-corrected chi connectivity index (χ1v) is 12.7. The Kier molecular flexibility index (Phi) is 6.75. The van der Waals surface area contributed by atoms with E-state index in [0.717, 1.165) is 54.0 Å². The number of unbranched alkanes of at least 4 members (excludes halogenated alkanes) is 1. The van der Waals surface area contributed by atoms with Crippen LogP contribution in [0.3, 0.4) is 0 Å². The number of aromatic nitrogens is 1. The second-order valence-corrected chi connectivity index (χ2v) is 9.59. The van der Waals surface area contributed by atoms with E-state index in [9.17, 15) is 9.59 Å². The molecular weight excluding hydrogens is 442 g/mol. The van der Waals surface area contributed by atoms with E-state index in [1.54, 1.807) is 7.11 Å². The Labute approximate surface area is 206 Å². The summed E-state index contributed by atoms with van der Waals surface area (Å²) < 4.78 is 11.3. The standard InChI is InChI=1S/C28H33N3O4/c1-3-4-15-31-25(32)18-22(26(31)19-9-11-21(34-2)12-10-19)28(33)30-16-13-20(14-17-30)27-29-23-7-5-6-8-24(23)35-27/h5-12,20,22,26H,3-4,13-18H2,1-2H3/t22-,26+/m1/s1. The molecule has 2 saturated heterocycles. The monoisotopic (exact) mass is 475 g/mol. The largest absolute Gasteiger partial charge is 0.497 e. The number of para-hydroxylation sites is 2. The zero-order valence-electron chi connectivity index (χ0n) is 20.5. The maximum Gasteiger partial charge on any atom is 0.228 e. The number of benzene rings is 2. The fourth-order valence-corrected chi connectivity index (χ4v) is 5.46. The molecule has 7 heteroatoms. The van der Waals surface area contributed by atoms with Gasteiger partial charge < -0.3 is 19.0 Å². The van der Waals surface area contributed by atoms with Crippen LogP contribution in [0.4, 0.5) is 0 Å². The third-order valence-corrected chi connectivity index (χ3v) is 7.43. The van der Waals surface area contributed by atoms with Crippen LogP contribution >= 0.6 is 0 Å². The minimum atomic E-state index is -0.367. The van der Waals surface area contributed by atoms with Crippen molar-refractivity contribution >= 4 is 22.9 Å². The van der Waals surface area contributed by atoms with E-state index in [0.29, 0.717) is 19.6 Å². The molecule has 35 heavy (non-hydrogen) atoms. The molecule has 0 saturated carbocycles. The van der Waals surface area contributed by atoms with Crippen LogP contribution < -0.4 is 4.74 Å². The molecule has 3 aromatic rings. The molecule has 3 heterocycles. The number of ether oxygens (including phenoxy) is 1. The van der Waals surface area contributed by atoms with E-state index in [2.05, 4.69) is 11.9 Å². The lowest BCUT2D eigenvalue weighted by Gasteiger charge is -2.35. The first-order valence-electron chi connectivity index (χ1n) is 12.7. The minimum Gasteiger partial charge on any atom is -0.497 e. The summed E-state index contributed by atoms with van der Waals surface area (Å²) in [4.78, 5) is 35.3. The number of hydrogen-bond donors (Lipinski definition) is 0. The van der Waals surface area contributed by atoms with Gasteiger partial charge in [-0.1, -0.05) is 37.6 Å². The van der Waals surface area contributed by atoms with E-state index in [4.69, 9.17) is 9.15 Å². The van der Waals surface area contributed by atoms with Gasteiger partial charge in [-0.05, 0) is 49.1 Å². The highest BCUT2D eigenvalue weighted by atomic mass is 16.5. The van der Waals surface area contributed by atoms with Crippen LogP contribution in [0.5, 0.6) is 5.75 Å². The molecule has 0 aliphatic carbocycles. The minimum absolute atomic E-state index is 0.0685. The molecule has 0 spiro atoms. The molecule has 5 rings (SSSR count). The van der Waals surface area contributed by atoms with Crippen molar-refractivity contribution in [2.45, 2.75) is 51.0 Å². The molecule has 2 aliphatic heterocycles. The van der Waals surface area contributed by atoms with Crippen LogP contribution in [0.25, 0.3) is 11.1 Å². The molecule has 2 atom stereocenters. The van der Waals surface area contributed by atoms with Crippen LogP contribution in [0, 0.1) is 5.92 Å². The summed E-state index contributed by atoms with van der Waals surface area (Å²) >= 11 is 0. The SMILES string of the molecule is CCCCN1C(=O)C[C@@H](C(=O)N2CCC(c3nc4ccccc4o3)CC2)[C@@H]1c1ccc(OC)cc1. The van der Waals surface area contributed by atoms with E-state index in [1.165, 1.54) is 0 Å². The van der Waals surface area contributed by atoms with Crippen molar-refractivity contribution < 1.29 is 18.7 Å². The van der Waals surface area contributed by atoms with Gasteiger partial charge in [0.1, 0.15) is 11.3 Å². The molecule has 2 aromatic carbocycles. The maximum absolute atomic E-state index is 13.7. The quantitative estimate of drug-likeness (QED) is 0.484. The Morgan fingerprint density at radius 3 is 2.54 bits per heavy atom. The van der Waals surface area contributed by atoms with Crippen LogP contribution in [0.15, 0.2) is 52.9 Å². The van der Waals surface area contributed by atoms with Gasteiger partial charge in [-0.2, -0.15) is 0 Å². The lowest BCUT2D eigenvalue weighted by molar-refractivity contribution is -0.137. The van der Waals surface area contributed by atoms with Crippen molar-refractivity contribution in [1.29, 1.82) is 0 Å². The zero-order valence-corrected chi connectivity index (χ0v) is 20.5. The highest BCUT2D eigenvalue weighted by Crippen LogP contribution is 2.41. The van der Waals surface area contributed by atoms with Crippen LogP contribution in [0.1, 0.15) is 62.4 Å². The number of nitrogens with zero attached hydrogens (tertiary/aromatic N) is 3. The van der Waals surface area contributed by atoms with Gasteiger partial charge in [0.25, 0.3) is 0 Å². The van der Waals surface area contributed by atoms with E-state index < -0.39 is 0 Å². The normalized spacial score (nSPS) is 21.1. The van der Waals surface area contributed by atoms with Crippen molar-refractivity contribution in [3.8, 4) is 5.75 Å². The number of oxazole rings is 1. The zero-order chi connectivity index (χ0) is 24.4. The lowest BCUT2D eigenvalue weighted by atomic mass is 9.90. The topological polar surface area (TPSA) is 75.9 Å². The van der Waals surface area contributed by atoms with Gasteiger partial charge >= 0.3 is 0 Å². The number of likely N-dealkylation sites (tertiary alicyclic amines) is 2. The Balaban J connectivity index is 1.31. The summed E-state index contributed by atoms with van der Waals surface area (Å²) in [5, 5.41) is 0. The summed E-state index contributed by atoms with van der Waals surface area (Å²) in [5.41, 5.74) is 2.67. The number of fused-ring (bicyclic) bond motifs is 1. The molecule has 7 nitrogen and oxygen atoms in total. The van der Waals surface area contributed by atoms with Gasteiger partial charge in [-0.15, -0.1) is 0 Å². The van der Waals surface area contributed by atoms with Gasteiger partial charge in [0, 0.05) is 32.0 Å². The molecule has 0 radical (unpaired) electrons.